The zero-order valence-corrected chi connectivity index (χ0v) is 10.9. The molecule has 0 saturated heterocycles. The van der Waals surface area contributed by atoms with Crippen LogP contribution in [-0.4, -0.2) is 17.9 Å². The summed E-state index contributed by atoms with van der Waals surface area (Å²) in [5, 5.41) is 0. The van der Waals surface area contributed by atoms with Crippen molar-refractivity contribution in [2.24, 2.45) is 11.3 Å². The van der Waals surface area contributed by atoms with E-state index in [1.165, 1.54) is 6.92 Å². The number of rotatable bonds is 6. The normalized spacial score (nSPS) is 13.4. The van der Waals surface area contributed by atoms with Gasteiger partial charge in [-0.3, -0.25) is 9.59 Å². The smallest absolute Gasteiger partial charge is 0.312 e. The molecule has 0 radical (unpaired) electrons. The molecule has 0 aromatic heterocycles. The summed E-state index contributed by atoms with van der Waals surface area (Å²) < 4.78 is 5.25. The lowest BCUT2D eigenvalue weighted by Gasteiger charge is -2.26. The number of hydrogen-bond acceptors (Lipinski definition) is 3. The van der Waals surface area contributed by atoms with Crippen molar-refractivity contribution in [3.8, 4) is 0 Å². The maximum absolute atomic E-state index is 11.9. The summed E-state index contributed by atoms with van der Waals surface area (Å²) in [7, 11) is 0. The summed E-state index contributed by atoms with van der Waals surface area (Å²) in [5.41, 5.74) is -0.621. The van der Waals surface area contributed by atoms with Gasteiger partial charge in [0.05, 0.1) is 5.41 Å². The Morgan fingerprint density at radius 3 is 2.19 bits per heavy atom. The topological polar surface area (TPSA) is 43.4 Å². The van der Waals surface area contributed by atoms with E-state index in [2.05, 4.69) is 6.58 Å². The van der Waals surface area contributed by atoms with Crippen LogP contribution in [0.5, 0.6) is 0 Å². The van der Waals surface area contributed by atoms with Crippen LogP contribution in [-0.2, 0) is 14.3 Å². The molecule has 0 aliphatic carbocycles. The van der Waals surface area contributed by atoms with Crippen molar-refractivity contribution in [3.63, 3.8) is 0 Å². The Balaban J connectivity index is 4.64. The molecule has 0 heterocycles. The molecule has 0 rings (SSSR count). The van der Waals surface area contributed by atoms with Gasteiger partial charge in [-0.1, -0.05) is 19.9 Å². The average Bonchev–Trinajstić information content (AvgIpc) is 2.12. The highest BCUT2D eigenvalue weighted by Crippen LogP contribution is 2.24. The number of ketones is 1. The lowest BCUT2D eigenvalue weighted by molar-refractivity contribution is -0.165. The number of carbonyl (C=O) groups excluding carboxylic acids is 2. The standard InChI is InChI=1S/C13H22O3/c1-7-8-13(5,6)12(15)16-11(9(2)3)10(4)14/h7,9,11H,1,8H2,2-6H3. The van der Waals surface area contributed by atoms with Crippen molar-refractivity contribution in [1.29, 1.82) is 0 Å². The molecule has 0 amide bonds. The Morgan fingerprint density at radius 1 is 1.38 bits per heavy atom. The monoisotopic (exact) mass is 226 g/mol. The molecule has 0 bridgehead atoms. The number of ether oxygens (including phenoxy) is 1. The van der Waals surface area contributed by atoms with Gasteiger partial charge in [0.1, 0.15) is 0 Å². The Labute approximate surface area is 97.9 Å². The first-order chi connectivity index (χ1) is 7.22. The number of Topliss-reactive ketones (excluding diaryl/α,β-unsaturated/α-hetero) is 1. The third-order valence-corrected chi connectivity index (χ3v) is 2.45. The number of hydrogen-bond donors (Lipinski definition) is 0. The first-order valence-corrected chi connectivity index (χ1v) is 5.54. The Hall–Kier alpha value is -1.12. The van der Waals surface area contributed by atoms with Crippen LogP contribution in [0.25, 0.3) is 0 Å². The molecule has 1 atom stereocenters. The predicted molar refractivity (Wildman–Crippen MR) is 64.0 cm³/mol. The molecule has 0 N–H and O–H groups in total. The number of esters is 1. The van der Waals surface area contributed by atoms with E-state index in [9.17, 15) is 9.59 Å². The van der Waals surface area contributed by atoms with Gasteiger partial charge in [-0.15, -0.1) is 6.58 Å². The minimum absolute atomic E-state index is 0.000908. The van der Waals surface area contributed by atoms with E-state index in [-0.39, 0.29) is 17.7 Å². The predicted octanol–water partition coefficient (Wildman–Crippen LogP) is 2.75. The van der Waals surface area contributed by atoms with E-state index in [4.69, 9.17) is 4.74 Å². The zero-order chi connectivity index (χ0) is 12.9. The molecular weight excluding hydrogens is 204 g/mol. The first kappa shape index (κ1) is 14.9. The average molecular weight is 226 g/mol. The van der Waals surface area contributed by atoms with Crippen molar-refractivity contribution < 1.29 is 14.3 Å². The van der Waals surface area contributed by atoms with Crippen LogP contribution in [0, 0.1) is 11.3 Å². The molecule has 3 heteroatoms. The van der Waals surface area contributed by atoms with E-state index in [1.54, 1.807) is 19.9 Å². The fraction of sp³-hybridized carbons (Fsp3) is 0.692. The molecule has 0 saturated carbocycles. The summed E-state index contributed by atoms with van der Waals surface area (Å²) in [5.74, 6) is -0.458. The molecule has 0 fully saturated rings. The van der Waals surface area contributed by atoms with Crippen LogP contribution in [0.15, 0.2) is 12.7 Å². The van der Waals surface area contributed by atoms with Gasteiger partial charge in [0.2, 0.25) is 0 Å². The Bertz CT molecular complexity index is 277. The van der Waals surface area contributed by atoms with Crippen LogP contribution < -0.4 is 0 Å². The summed E-state index contributed by atoms with van der Waals surface area (Å²) >= 11 is 0. The van der Waals surface area contributed by atoms with Crippen molar-refractivity contribution >= 4 is 11.8 Å². The number of allylic oxidation sites excluding steroid dienone is 1. The van der Waals surface area contributed by atoms with Gasteiger partial charge in [0.25, 0.3) is 0 Å². The van der Waals surface area contributed by atoms with Crippen molar-refractivity contribution in [3.05, 3.63) is 12.7 Å². The highest BCUT2D eigenvalue weighted by atomic mass is 16.5. The van der Waals surface area contributed by atoms with Gasteiger partial charge >= 0.3 is 5.97 Å². The molecule has 3 nitrogen and oxygen atoms in total. The molecule has 0 aromatic carbocycles. The number of carbonyl (C=O) groups is 2. The van der Waals surface area contributed by atoms with Gasteiger partial charge in [-0.2, -0.15) is 0 Å². The minimum atomic E-state index is -0.642. The van der Waals surface area contributed by atoms with Crippen LogP contribution in [0.2, 0.25) is 0 Å². The lowest BCUT2D eigenvalue weighted by atomic mass is 9.89. The third kappa shape index (κ3) is 4.17. The van der Waals surface area contributed by atoms with Crippen LogP contribution >= 0.6 is 0 Å². The van der Waals surface area contributed by atoms with Gasteiger partial charge in [0.15, 0.2) is 11.9 Å². The first-order valence-electron chi connectivity index (χ1n) is 5.54. The van der Waals surface area contributed by atoms with Crippen molar-refractivity contribution in [2.75, 3.05) is 0 Å². The molecule has 0 spiro atoms. The minimum Gasteiger partial charge on any atom is -0.454 e. The Morgan fingerprint density at radius 2 is 1.88 bits per heavy atom. The summed E-state index contributed by atoms with van der Waals surface area (Å²) in [6.45, 7) is 12.3. The second kappa shape index (κ2) is 5.83. The van der Waals surface area contributed by atoms with Gasteiger partial charge in [-0.05, 0) is 33.1 Å². The van der Waals surface area contributed by atoms with Crippen LogP contribution in [0.4, 0.5) is 0 Å². The van der Waals surface area contributed by atoms with E-state index < -0.39 is 11.5 Å². The fourth-order valence-electron chi connectivity index (χ4n) is 1.41. The zero-order valence-electron chi connectivity index (χ0n) is 10.9. The highest BCUT2D eigenvalue weighted by molar-refractivity contribution is 5.85. The maximum Gasteiger partial charge on any atom is 0.312 e. The quantitative estimate of drug-likeness (QED) is 0.516. The van der Waals surface area contributed by atoms with Gasteiger partial charge in [-0.25, -0.2) is 0 Å². The Kier molecular flexibility index (Phi) is 5.42. The third-order valence-electron chi connectivity index (χ3n) is 2.45. The van der Waals surface area contributed by atoms with E-state index >= 15 is 0 Å². The summed E-state index contributed by atoms with van der Waals surface area (Å²) in [6, 6.07) is 0. The summed E-state index contributed by atoms with van der Waals surface area (Å²) in [4.78, 5) is 23.2. The molecule has 0 aromatic rings. The van der Waals surface area contributed by atoms with Crippen LogP contribution in [0.1, 0.15) is 41.0 Å². The lowest BCUT2D eigenvalue weighted by Crippen LogP contribution is -2.36. The second-order valence-corrected chi connectivity index (χ2v) is 5.06. The molecule has 0 aliphatic rings. The maximum atomic E-state index is 11.9. The van der Waals surface area contributed by atoms with Gasteiger partial charge < -0.3 is 4.74 Å². The van der Waals surface area contributed by atoms with E-state index in [0.717, 1.165) is 0 Å². The highest BCUT2D eigenvalue weighted by Gasteiger charge is 2.32. The van der Waals surface area contributed by atoms with Crippen LogP contribution in [0.3, 0.4) is 0 Å². The molecular formula is C13H22O3. The molecule has 16 heavy (non-hydrogen) atoms. The summed E-state index contributed by atoms with van der Waals surface area (Å²) in [6.07, 6.45) is 1.57. The van der Waals surface area contributed by atoms with E-state index in [1.807, 2.05) is 13.8 Å². The molecule has 92 valence electrons. The second-order valence-electron chi connectivity index (χ2n) is 5.06. The largest absolute Gasteiger partial charge is 0.454 e. The molecule has 0 aliphatic heterocycles. The SMILES string of the molecule is C=CCC(C)(C)C(=O)OC(C(C)=O)C(C)C. The van der Waals surface area contributed by atoms with Gasteiger partial charge in [0, 0.05) is 0 Å². The molecule has 1 unspecified atom stereocenters. The van der Waals surface area contributed by atoms with Crippen molar-refractivity contribution in [1.82, 2.24) is 0 Å². The van der Waals surface area contributed by atoms with E-state index in [0.29, 0.717) is 6.42 Å². The fourth-order valence-corrected chi connectivity index (χ4v) is 1.41. The van der Waals surface area contributed by atoms with Crippen molar-refractivity contribution in [2.45, 2.75) is 47.1 Å².